The maximum Gasteiger partial charge on any atom is 0.179 e. The molecular formula is C15H14BrFO2S. The molecule has 2 aromatic rings. The minimum Gasteiger partial charge on any atom is -0.224 e. The van der Waals surface area contributed by atoms with Crippen LogP contribution in [0.5, 0.6) is 0 Å². The van der Waals surface area contributed by atoms with Crippen LogP contribution in [0.3, 0.4) is 0 Å². The molecule has 106 valence electrons. The predicted octanol–water partition coefficient (Wildman–Crippen LogP) is 3.78. The van der Waals surface area contributed by atoms with Crippen molar-refractivity contribution in [3.63, 3.8) is 0 Å². The topological polar surface area (TPSA) is 34.1 Å². The van der Waals surface area contributed by atoms with Crippen LogP contribution in [0.2, 0.25) is 0 Å². The van der Waals surface area contributed by atoms with Gasteiger partial charge in [0.05, 0.1) is 10.6 Å². The molecule has 0 N–H and O–H groups in total. The van der Waals surface area contributed by atoms with Crippen LogP contribution in [0.15, 0.2) is 59.5 Å². The summed E-state index contributed by atoms with van der Waals surface area (Å²) in [5, 5.41) is 0.533. The lowest BCUT2D eigenvalue weighted by molar-refractivity contribution is 0.586. The molecule has 0 aromatic heterocycles. The van der Waals surface area contributed by atoms with E-state index in [9.17, 15) is 12.8 Å². The van der Waals surface area contributed by atoms with Crippen molar-refractivity contribution in [3.05, 3.63) is 66.0 Å². The van der Waals surface area contributed by atoms with Crippen molar-refractivity contribution in [2.24, 2.45) is 0 Å². The van der Waals surface area contributed by atoms with Gasteiger partial charge in [-0.1, -0.05) is 52.3 Å². The first kappa shape index (κ1) is 15.2. The molecule has 1 atom stereocenters. The maximum atomic E-state index is 13.2. The molecule has 0 spiro atoms. The molecule has 0 bridgehead atoms. The van der Waals surface area contributed by atoms with Gasteiger partial charge in [-0.2, -0.15) is 0 Å². The average Bonchev–Trinajstić information content (AvgIpc) is 2.46. The quantitative estimate of drug-likeness (QED) is 0.764. The van der Waals surface area contributed by atoms with E-state index in [1.807, 2.05) is 30.3 Å². The highest BCUT2D eigenvalue weighted by atomic mass is 79.9. The molecule has 0 radical (unpaired) electrons. The zero-order valence-corrected chi connectivity index (χ0v) is 13.1. The van der Waals surface area contributed by atoms with E-state index in [0.29, 0.717) is 5.33 Å². The van der Waals surface area contributed by atoms with Crippen molar-refractivity contribution in [3.8, 4) is 0 Å². The first-order valence-electron chi connectivity index (χ1n) is 6.12. The number of alkyl halides is 1. The summed E-state index contributed by atoms with van der Waals surface area (Å²) in [5.74, 6) is -0.753. The first-order valence-corrected chi connectivity index (χ1v) is 8.89. The lowest BCUT2D eigenvalue weighted by Crippen LogP contribution is -2.16. The Bertz CT molecular complexity index is 671. The Morgan fingerprint density at radius 2 is 1.75 bits per heavy atom. The minimum absolute atomic E-state index is 0.0272. The van der Waals surface area contributed by atoms with Crippen LogP contribution in [-0.2, 0) is 9.84 Å². The lowest BCUT2D eigenvalue weighted by atomic mass is 10.0. The average molecular weight is 357 g/mol. The van der Waals surface area contributed by atoms with E-state index in [-0.39, 0.29) is 16.6 Å². The molecule has 0 saturated carbocycles. The van der Waals surface area contributed by atoms with Gasteiger partial charge in [-0.3, -0.25) is 0 Å². The van der Waals surface area contributed by atoms with Crippen molar-refractivity contribution in [1.29, 1.82) is 0 Å². The molecule has 0 fully saturated rings. The molecule has 20 heavy (non-hydrogen) atoms. The zero-order chi connectivity index (χ0) is 14.6. The van der Waals surface area contributed by atoms with Crippen LogP contribution in [0.1, 0.15) is 11.5 Å². The zero-order valence-electron chi connectivity index (χ0n) is 10.7. The van der Waals surface area contributed by atoms with Gasteiger partial charge in [0.1, 0.15) is 5.82 Å². The van der Waals surface area contributed by atoms with Crippen LogP contribution < -0.4 is 0 Å². The summed E-state index contributed by atoms with van der Waals surface area (Å²) in [4.78, 5) is 0.0272. The minimum atomic E-state index is -3.51. The number of sulfone groups is 1. The summed E-state index contributed by atoms with van der Waals surface area (Å²) in [6.07, 6.45) is 0. The second kappa shape index (κ2) is 6.50. The van der Waals surface area contributed by atoms with Gasteiger partial charge in [-0.15, -0.1) is 0 Å². The van der Waals surface area contributed by atoms with Gasteiger partial charge in [0.2, 0.25) is 0 Å². The lowest BCUT2D eigenvalue weighted by Gasteiger charge is -2.15. The van der Waals surface area contributed by atoms with Crippen LogP contribution >= 0.6 is 15.9 Å². The normalized spacial score (nSPS) is 13.1. The first-order chi connectivity index (χ1) is 9.53. The Morgan fingerprint density at radius 3 is 2.35 bits per heavy atom. The van der Waals surface area contributed by atoms with Crippen LogP contribution in [0.4, 0.5) is 4.39 Å². The molecule has 1 unspecified atom stereocenters. The summed E-state index contributed by atoms with van der Waals surface area (Å²) in [7, 11) is -3.51. The second-order valence-corrected chi connectivity index (χ2v) is 7.18. The second-order valence-electron chi connectivity index (χ2n) is 4.50. The Balaban J connectivity index is 2.27. The molecular weight excluding hydrogens is 343 g/mol. The molecule has 5 heteroatoms. The van der Waals surface area contributed by atoms with Gasteiger partial charge in [-0.25, -0.2) is 12.8 Å². The van der Waals surface area contributed by atoms with E-state index in [4.69, 9.17) is 0 Å². The molecule has 2 aromatic carbocycles. The predicted molar refractivity (Wildman–Crippen MR) is 81.4 cm³/mol. The molecule has 0 aliphatic heterocycles. The fourth-order valence-corrected chi connectivity index (χ4v) is 4.49. The van der Waals surface area contributed by atoms with Crippen molar-refractivity contribution in [1.82, 2.24) is 0 Å². The smallest absolute Gasteiger partial charge is 0.179 e. The number of hydrogen-bond acceptors (Lipinski definition) is 2. The van der Waals surface area contributed by atoms with Gasteiger partial charge in [-0.05, 0) is 23.8 Å². The Kier molecular flexibility index (Phi) is 4.94. The largest absolute Gasteiger partial charge is 0.224 e. The van der Waals surface area contributed by atoms with E-state index < -0.39 is 15.7 Å². The van der Waals surface area contributed by atoms with Crippen molar-refractivity contribution in [2.45, 2.75) is 10.8 Å². The summed E-state index contributed by atoms with van der Waals surface area (Å²) < 4.78 is 37.8. The van der Waals surface area contributed by atoms with Gasteiger partial charge in [0.25, 0.3) is 0 Å². The Labute approximate surface area is 126 Å². The summed E-state index contributed by atoms with van der Waals surface area (Å²) >= 11 is 3.35. The van der Waals surface area contributed by atoms with Gasteiger partial charge < -0.3 is 0 Å². The molecule has 2 nitrogen and oxygen atoms in total. The monoisotopic (exact) mass is 356 g/mol. The third kappa shape index (κ3) is 3.67. The standard InChI is InChI=1S/C15H14BrFO2S/c16-10-13(12-5-2-1-3-6-12)11-20(18,19)15-8-4-7-14(17)9-15/h1-9,13H,10-11H2. The fourth-order valence-electron chi connectivity index (χ4n) is 1.98. The third-order valence-electron chi connectivity index (χ3n) is 3.03. The van der Waals surface area contributed by atoms with Crippen molar-refractivity contribution >= 4 is 25.8 Å². The molecule has 0 aliphatic rings. The molecule has 0 amide bonds. The highest BCUT2D eigenvalue weighted by molar-refractivity contribution is 9.09. The van der Waals surface area contributed by atoms with Crippen LogP contribution in [-0.4, -0.2) is 19.5 Å². The SMILES string of the molecule is O=S(=O)(CC(CBr)c1ccccc1)c1cccc(F)c1. The third-order valence-corrected chi connectivity index (χ3v) is 5.63. The van der Waals surface area contributed by atoms with Crippen molar-refractivity contribution < 1.29 is 12.8 Å². The van der Waals surface area contributed by atoms with Gasteiger partial charge in [0.15, 0.2) is 9.84 Å². The fraction of sp³-hybridized carbons (Fsp3) is 0.200. The number of halogens is 2. The van der Waals surface area contributed by atoms with E-state index in [1.165, 1.54) is 18.2 Å². The Morgan fingerprint density at radius 1 is 1.05 bits per heavy atom. The van der Waals surface area contributed by atoms with Gasteiger partial charge in [0, 0.05) is 11.2 Å². The van der Waals surface area contributed by atoms with E-state index in [2.05, 4.69) is 15.9 Å². The van der Waals surface area contributed by atoms with E-state index in [1.54, 1.807) is 0 Å². The number of benzene rings is 2. The molecule has 0 heterocycles. The van der Waals surface area contributed by atoms with Crippen molar-refractivity contribution in [2.75, 3.05) is 11.1 Å². The maximum absolute atomic E-state index is 13.2. The summed E-state index contributed by atoms with van der Waals surface area (Å²) in [5.41, 5.74) is 0.948. The summed E-state index contributed by atoms with van der Waals surface area (Å²) in [6.45, 7) is 0. The molecule has 0 aliphatic carbocycles. The molecule has 0 saturated heterocycles. The highest BCUT2D eigenvalue weighted by Crippen LogP contribution is 2.24. The highest BCUT2D eigenvalue weighted by Gasteiger charge is 2.22. The van der Waals surface area contributed by atoms with Crippen LogP contribution in [0, 0.1) is 5.82 Å². The van der Waals surface area contributed by atoms with Gasteiger partial charge >= 0.3 is 0 Å². The Hall–Kier alpha value is -1.20. The number of hydrogen-bond donors (Lipinski definition) is 0. The van der Waals surface area contributed by atoms with Crippen LogP contribution in [0.25, 0.3) is 0 Å². The van der Waals surface area contributed by atoms with E-state index in [0.717, 1.165) is 11.6 Å². The molecule has 2 rings (SSSR count). The van der Waals surface area contributed by atoms with E-state index >= 15 is 0 Å². The number of rotatable bonds is 5. The summed E-state index contributed by atoms with van der Waals surface area (Å²) in [6, 6.07) is 14.6.